The molecule has 0 N–H and O–H groups in total. The number of aryl methyl sites for hydroxylation is 1. The maximum absolute atomic E-state index is 13.5. The minimum Gasteiger partial charge on any atom is -0.241 e. The van der Waals surface area contributed by atoms with E-state index in [1.165, 1.54) is 0 Å². The average molecular weight is 373 g/mol. The first kappa shape index (κ1) is 15.3. The summed E-state index contributed by atoms with van der Waals surface area (Å²) in [7, 11) is -3.67. The zero-order chi connectivity index (χ0) is 17.2. The highest BCUT2D eigenvalue weighted by molar-refractivity contribution is 7.89. The van der Waals surface area contributed by atoms with Crippen molar-refractivity contribution in [3.05, 3.63) is 41.5 Å². The van der Waals surface area contributed by atoms with Crippen molar-refractivity contribution in [3.63, 3.8) is 0 Å². The molecule has 5 rings (SSSR count). The molecule has 25 heavy (non-hydrogen) atoms. The molecule has 0 aliphatic carbocycles. The van der Waals surface area contributed by atoms with Crippen molar-refractivity contribution >= 4 is 32.8 Å². The molecule has 0 saturated carbocycles. The summed E-state index contributed by atoms with van der Waals surface area (Å²) in [5.41, 5.74) is 3.00. The number of aromatic nitrogens is 4. The van der Waals surface area contributed by atoms with Gasteiger partial charge in [0.15, 0.2) is 0 Å². The molecule has 1 saturated heterocycles. The fraction of sp³-hybridized carbons (Fsp3) is 0.375. The molecule has 0 unspecified atom stereocenters. The quantitative estimate of drug-likeness (QED) is 0.684. The highest BCUT2D eigenvalue weighted by Crippen LogP contribution is 2.46. The topological polar surface area (TPSA) is 88.9 Å². The molecule has 1 aromatic carbocycles. The van der Waals surface area contributed by atoms with Crippen LogP contribution in [0.5, 0.6) is 0 Å². The molecule has 3 aromatic rings. The van der Waals surface area contributed by atoms with Crippen LogP contribution in [-0.2, 0) is 16.4 Å². The lowest BCUT2D eigenvalue weighted by molar-refractivity contribution is 0.300. The van der Waals surface area contributed by atoms with Gasteiger partial charge in [0.2, 0.25) is 10.0 Å². The van der Waals surface area contributed by atoms with Crippen LogP contribution >= 0.6 is 11.7 Å². The van der Waals surface area contributed by atoms with Crippen LogP contribution in [0.15, 0.2) is 29.3 Å². The van der Waals surface area contributed by atoms with Crippen LogP contribution in [0.25, 0.3) is 11.0 Å². The van der Waals surface area contributed by atoms with Gasteiger partial charge in [-0.3, -0.25) is 0 Å². The molecule has 128 valence electrons. The fourth-order valence-electron chi connectivity index (χ4n) is 4.00. The van der Waals surface area contributed by atoms with Crippen molar-refractivity contribution < 1.29 is 8.42 Å². The van der Waals surface area contributed by atoms with E-state index in [1.807, 2.05) is 6.92 Å². The van der Waals surface area contributed by atoms with Crippen LogP contribution < -0.4 is 0 Å². The standard InChI is InChI=1S/C16H15N5O2S2/c1-9-17-8-11-13(18-9)7-10-5-6-14(11)21(10)25(22,23)15-4-2-3-12-16(15)20-24-19-12/h2-4,8,10,14H,5-7H2,1H3/t10-,14+/m0/s1. The molecule has 2 bridgehead atoms. The van der Waals surface area contributed by atoms with Crippen molar-refractivity contribution in [2.75, 3.05) is 0 Å². The highest BCUT2D eigenvalue weighted by atomic mass is 32.2. The molecule has 9 heteroatoms. The van der Waals surface area contributed by atoms with Gasteiger partial charge in [-0.05, 0) is 31.9 Å². The Morgan fingerprint density at radius 1 is 1.24 bits per heavy atom. The number of fused-ring (bicyclic) bond motifs is 5. The molecule has 2 aliphatic rings. The molecule has 1 fully saturated rings. The van der Waals surface area contributed by atoms with Crippen LogP contribution in [0.1, 0.15) is 36.0 Å². The Morgan fingerprint density at radius 3 is 3.00 bits per heavy atom. The van der Waals surface area contributed by atoms with Crippen molar-refractivity contribution in [2.24, 2.45) is 0 Å². The lowest BCUT2D eigenvalue weighted by Gasteiger charge is -2.34. The number of hydrogen-bond donors (Lipinski definition) is 0. The van der Waals surface area contributed by atoms with Crippen molar-refractivity contribution in [1.29, 1.82) is 0 Å². The second kappa shape index (κ2) is 5.26. The summed E-state index contributed by atoms with van der Waals surface area (Å²) in [6.45, 7) is 1.86. The first-order chi connectivity index (χ1) is 12.1. The number of nitrogens with zero attached hydrogens (tertiary/aromatic N) is 5. The Kier molecular flexibility index (Phi) is 3.22. The first-order valence-corrected chi connectivity index (χ1v) is 10.3. The molecular formula is C16H15N5O2S2. The van der Waals surface area contributed by atoms with Crippen LogP contribution in [0.4, 0.5) is 0 Å². The Bertz CT molecular complexity index is 1090. The van der Waals surface area contributed by atoms with E-state index in [-0.39, 0.29) is 17.0 Å². The molecule has 0 amide bonds. The number of rotatable bonds is 2. The summed E-state index contributed by atoms with van der Waals surface area (Å²) in [6.07, 6.45) is 4.07. The third-order valence-electron chi connectivity index (χ3n) is 5.05. The van der Waals surface area contributed by atoms with Gasteiger partial charge < -0.3 is 0 Å². The second-order valence-electron chi connectivity index (χ2n) is 6.49. The van der Waals surface area contributed by atoms with Gasteiger partial charge in [0.1, 0.15) is 21.8 Å². The molecule has 4 heterocycles. The number of benzene rings is 1. The third-order valence-corrected chi connectivity index (χ3v) is 7.59. The fourth-order valence-corrected chi connectivity index (χ4v) is 6.61. The van der Waals surface area contributed by atoms with E-state index >= 15 is 0 Å². The maximum Gasteiger partial charge on any atom is 0.246 e. The Morgan fingerprint density at radius 2 is 2.12 bits per heavy atom. The van der Waals surface area contributed by atoms with Crippen LogP contribution in [0.2, 0.25) is 0 Å². The van der Waals surface area contributed by atoms with E-state index < -0.39 is 10.0 Å². The summed E-state index contributed by atoms with van der Waals surface area (Å²) in [5, 5.41) is 0. The van der Waals surface area contributed by atoms with Gasteiger partial charge >= 0.3 is 0 Å². The van der Waals surface area contributed by atoms with Crippen molar-refractivity contribution in [2.45, 2.75) is 43.2 Å². The molecule has 0 radical (unpaired) electrons. The van der Waals surface area contributed by atoms with E-state index in [9.17, 15) is 8.42 Å². The lowest BCUT2D eigenvalue weighted by atomic mass is 10.0. The van der Waals surface area contributed by atoms with Crippen molar-refractivity contribution in [1.82, 2.24) is 23.0 Å². The van der Waals surface area contributed by atoms with Gasteiger partial charge in [0.05, 0.1) is 23.5 Å². The summed E-state index contributed by atoms with van der Waals surface area (Å²) < 4.78 is 36.9. The van der Waals surface area contributed by atoms with Crippen LogP contribution in [0.3, 0.4) is 0 Å². The minimum absolute atomic E-state index is 0.0568. The van der Waals surface area contributed by atoms with Gasteiger partial charge in [-0.1, -0.05) is 6.07 Å². The van der Waals surface area contributed by atoms with Gasteiger partial charge in [-0.25, -0.2) is 18.4 Å². The number of hydrogen-bond acceptors (Lipinski definition) is 7. The smallest absolute Gasteiger partial charge is 0.241 e. The second-order valence-corrected chi connectivity index (χ2v) is 8.83. The first-order valence-electron chi connectivity index (χ1n) is 8.13. The Balaban J connectivity index is 1.66. The number of sulfonamides is 1. The Hall–Kier alpha value is -1.97. The molecule has 0 spiro atoms. The summed E-state index contributed by atoms with van der Waals surface area (Å²) >= 11 is 1.03. The molecule has 2 aliphatic heterocycles. The Labute approximate surface area is 149 Å². The summed E-state index contributed by atoms with van der Waals surface area (Å²) in [5.74, 6) is 0.729. The zero-order valence-electron chi connectivity index (χ0n) is 13.5. The van der Waals surface area contributed by atoms with Gasteiger partial charge in [0, 0.05) is 24.2 Å². The van der Waals surface area contributed by atoms with Crippen LogP contribution in [0, 0.1) is 6.92 Å². The molecule has 2 atom stereocenters. The largest absolute Gasteiger partial charge is 0.246 e. The predicted molar refractivity (Wildman–Crippen MR) is 92.7 cm³/mol. The SMILES string of the molecule is Cc1ncc2c(n1)C[C@@H]1CC[C@H]2N1S(=O)(=O)c1cccc2nsnc12. The maximum atomic E-state index is 13.5. The lowest BCUT2D eigenvalue weighted by Crippen LogP contribution is -2.42. The normalized spacial score (nSPS) is 23.1. The van der Waals surface area contributed by atoms with Crippen molar-refractivity contribution in [3.8, 4) is 0 Å². The summed E-state index contributed by atoms with van der Waals surface area (Å²) in [6, 6.07) is 4.89. The minimum atomic E-state index is -3.67. The van der Waals surface area contributed by atoms with E-state index in [0.717, 1.165) is 41.7 Å². The molecule has 2 aromatic heterocycles. The van der Waals surface area contributed by atoms with Gasteiger partial charge in [-0.15, -0.1) is 0 Å². The van der Waals surface area contributed by atoms with E-state index in [4.69, 9.17) is 0 Å². The van der Waals surface area contributed by atoms with Gasteiger partial charge in [0.25, 0.3) is 0 Å². The van der Waals surface area contributed by atoms with Gasteiger partial charge in [-0.2, -0.15) is 13.1 Å². The van der Waals surface area contributed by atoms with E-state index in [0.29, 0.717) is 17.5 Å². The average Bonchev–Trinajstić information content (AvgIpc) is 3.18. The molecular weight excluding hydrogens is 358 g/mol. The molecule has 7 nitrogen and oxygen atoms in total. The summed E-state index contributed by atoms with van der Waals surface area (Å²) in [4.78, 5) is 9.06. The van der Waals surface area contributed by atoms with Crippen LogP contribution in [-0.4, -0.2) is 37.5 Å². The van der Waals surface area contributed by atoms with E-state index in [2.05, 4.69) is 18.7 Å². The predicted octanol–water partition coefficient (Wildman–Crippen LogP) is 2.24. The third kappa shape index (κ3) is 2.16. The van der Waals surface area contributed by atoms with E-state index in [1.54, 1.807) is 28.7 Å². The zero-order valence-corrected chi connectivity index (χ0v) is 15.1. The highest BCUT2D eigenvalue weighted by Gasteiger charge is 2.48. The monoisotopic (exact) mass is 373 g/mol.